The molecule has 0 aromatic carbocycles. The van der Waals surface area contributed by atoms with E-state index >= 15 is 0 Å². The fourth-order valence-electron chi connectivity index (χ4n) is 1.81. The van der Waals surface area contributed by atoms with Crippen molar-refractivity contribution in [2.24, 2.45) is 5.92 Å². The van der Waals surface area contributed by atoms with Crippen LogP contribution in [0.2, 0.25) is 0 Å². The molecule has 0 unspecified atom stereocenters. The van der Waals surface area contributed by atoms with Crippen molar-refractivity contribution in [2.75, 3.05) is 32.9 Å². The lowest BCUT2D eigenvalue weighted by Gasteiger charge is -2.34. The lowest BCUT2D eigenvalue weighted by molar-refractivity contribution is 0.0565. The summed E-state index contributed by atoms with van der Waals surface area (Å²) in [6.45, 7) is 0.900. The van der Waals surface area contributed by atoms with E-state index in [-0.39, 0.29) is 0 Å². The molecule has 18 heavy (non-hydrogen) atoms. The quantitative estimate of drug-likeness (QED) is 0.463. The Balaban J connectivity index is 2.75. The molecule has 8 heteroatoms. The van der Waals surface area contributed by atoms with Crippen molar-refractivity contribution < 1.29 is 23.7 Å². The Hall–Kier alpha value is -0.250. The Morgan fingerprint density at radius 1 is 1.17 bits per heavy atom. The van der Waals surface area contributed by atoms with Crippen molar-refractivity contribution in [3.8, 4) is 0 Å². The first-order chi connectivity index (χ1) is 8.39. The number of piperidine rings is 1. The fraction of sp³-hybridized carbons (Fsp3) is 1.00. The third-order valence-corrected chi connectivity index (χ3v) is 5.07. The molecule has 0 aromatic rings. The van der Waals surface area contributed by atoms with Gasteiger partial charge in [0.25, 0.3) is 10.2 Å². The van der Waals surface area contributed by atoms with Gasteiger partial charge in [0.2, 0.25) is 0 Å². The largest absolute Gasteiger partial charge is 0.394 e. The van der Waals surface area contributed by atoms with Gasteiger partial charge in [-0.15, -0.1) is 0 Å². The molecule has 0 radical (unpaired) electrons. The Labute approximate surface area is 108 Å². The van der Waals surface area contributed by atoms with Crippen LogP contribution in [-0.2, 0) is 10.2 Å². The van der Waals surface area contributed by atoms with Crippen molar-refractivity contribution in [3.63, 3.8) is 0 Å². The molecular formula is C10H22N2O5S. The van der Waals surface area contributed by atoms with Crippen molar-refractivity contribution in [2.45, 2.75) is 25.3 Å². The number of rotatable bonds is 6. The Morgan fingerprint density at radius 3 is 2.00 bits per heavy atom. The number of nitrogens with zero attached hydrogens (tertiary/aromatic N) is 1. The molecule has 7 nitrogen and oxygen atoms in total. The molecule has 1 heterocycles. The average Bonchev–Trinajstić information content (AvgIpc) is 2.37. The molecule has 0 amide bonds. The molecule has 1 rings (SSSR count). The number of aliphatic hydroxyl groups excluding tert-OH is 3. The minimum Gasteiger partial charge on any atom is -0.394 e. The first kappa shape index (κ1) is 15.8. The van der Waals surface area contributed by atoms with Gasteiger partial charge < -0.3 is 15.3 Å². The Kier molecular flexibility index (Phi) is 5.50. The SMILES string of the molecule is CC1CCN(S(=O)(=O)NC(CO)(CO)CO)CC1. The minimum atomic E-state index is -3.80. The van der Waals surface area contributed by atoms with Gasteiger partial charge in [0.15, 0.2) is 0 Å². The molecule has 1 aliphatic heterocycles. The Bertz CT molecular complexity index is 339. The smallest absolute Gasteiger partial charge is 0.280 e. The molecule has 0 bridgehead atoms. The van der Waals surface area contributed by atoms with Crippen molar-refractivity contribution in [1.82, 2.24) is 9.03 Å². The van der Waals surface area contributed by atoms with Crippen LogP contribution < -0.4 is 4.72 Å². The van der Waals surface area contributed by atoms with E-state index in [0.717, 1.165) is 12.8 Å². The monoisotopic (exact) mass is 282 g/mol. The number of aliphatic hydroxyl groups is 3. The summed E-state index contributed by atoms with van der Waals surface area (Å²) in [7, 11) is -3.80. The van der Waals surface area contributed by atoms with Crippen molar-refractivity contribution >= 4 is 10.2 Å². The van der Waals surface area contributed by atoms with Gasteiger partial charge in [0.05, 0.1) is 19.8 Å². The molecule has 0 aliphatic carbocycles. The van der Waals surface area contributed by atoms with Crippen LogP contribution in [0, 0.1) is 5.92 Å². The van der Waals surface area contributed by atoms with E-state index in [1.807, 2.05) is 0 Å². The highest BCUT2D eigenvalue weighted by Gasteiger charge is 2.36. The highest BCUT2D eigenvalue weighted by molar-refractivity contribution is 7.87. The van der Waals surface area contributed by atoms with Crippen molar-refractivity contribution in [1.29, 1.82) is 0 Å². The number of hydrogen-bond acceptors (Lipinski definition) is 5. The molecule has 0 saturated carbocycles. The predicted molar refractivity (Wildman–Crippen MR) is 66.0 cm³/mol. The van der Waals surface area contributed by atoms with Gasteiger partial charge >= 0.3 is 0 Å². The molecule has 1 aliphatic rings. The van der Waals surface area contributed by atoms with E-state index in [1.54, 1.807) is 0 Å². The molecule has 1 fully saturated rings. The third-order valence-electron chi connectivity index (χ3n) is 3.34. The summed E-state index contributed by atoms with van der Waals surface area (Å²) in [5.41, 5.74) is -1.61. The van der Waals surface area contributed by atoms with Gasteiger partial charge in [-0.1, -0.05) is 6.92 Å². The van der Waals surface area contributed by atoms with Crippen LogP contribution in [0.1, 0.15) is 19.8 Å². The van der Waals surface area contributed by atoms with Crippen LogP contribution >= 0.6 is 0 Å². The highest BCUT2D eigenvalue weighted by atomic mass is 32.2. The van der Waals surface area contributed by atoms with Gasteiger partial charge in [0.1, 0.15) is 5.54 Å². The second-order valence-corrected chi connectivity index (χ2v) is 6.61. The van der Waals surface area contributed by atoms with Gasteiger partial charge in [-0.25, -0.2) is 0 Å². The van der Waals surface area contributed by atoms with E-state index < -0.39 is 35.6 Å². The topological polar surface area (TPSA) is 110 Å². The maximum absolute atomic E-state index is 12.1. The van der Waals surface area contributed by atoms with E-state index in [2.05, 4.69) is 11.6 Å². The molecule has 1 saturated heterocycles. The van der Waals surface area contributed by atoms with E-state index in [0.29, 0.717) is 19.0 Å². The zero-order chi connectivity index (χ0) is 13.8. The number of hydrogen-bond donors (Lipinski definition) is 4. The van der Waals surface area contributed by atoms with Crippen molar-refractivity contribution in [3.05, 3.63) is 0 Å². The van der Waals surface area contributed by atoms with E-state index in [9.17, 15) is 8.42 Å². The maximum atomic E-state index is 12.1. The molecule has 4 N–H and O–H groups in total. The average molecular weight is 282 g/mol. The van der Waals surface area contributed by atoms with E-state index in [1.165, 1.54) is 4.31 Å². The molecule has 0 atom stereocenters. The van der Waals surface area contributed by atoms with E-state index in [4.69, 9.17) is 15.3 Å². The lowest BCUT2D eigenvalue weighted by atomic mass is 10.0. The zero-order valence-corrected chi connectivity index (χ0v) is 11.4. The van der Waals surface area contributed by atoms with Crippen LogP contribution in [0.3, 0.4) is 0 Å². The highest BCUT2D eigenvalue weighted by Crippen LogP contribution is 2.19. The summed E-state index contributed by atoms with van der Waals surface area (Å²) < 4.78 is 27.6. The summed E-state index contributed by atoms with van der Waals surface area (Å²) >= 11 is 0. The van der Waals surface area contributed by atoms with Gasteiger partial charge in [-0.2, -0.15) is 17.4 Å². The summed E-state index contributed by atoms with van der Waals surface area (Å²) in [5, 5.41) is 27.3. The molecular weight excluding hydrogens is 260 g/mol. The predicted octanol–water partition coefficient (Wildman–Crippen LogP) is -1.73. The molecule has 0 aromatic heterocycles. The van der Waals surface area contributed by atoms with Gasteiger partial charge in [-0.05, 0) is 18.8 Å². The van der Waals surface area contributed by atoms with Crippen LogP contribution in [-0.4, -0.2) is 66.5 Å². The summed E-state index contributed by atoms with van der Waals surface area (Å²) in [6.07, 6.45) is 1.57. The maximum Gasteiger partial charge on any atom is 0.280 e. The zero-order valence-electron chi connectivity index (χ0n) is 10.5. The third kappa shape index (κ3) is 3.62. The fourth-order valence-corrected chi connectivity index (χ4v) is 3.37. The molecule has 108 valence electrons. The second-order valence-electron chi connectivity index (χ2n) is 4.94. The minimum absolute atomic E-state index is 0.412. The molecule has 0 spiro atoms. The van der Waals surface area contributed by atoms with Crippen LogP contribution in [0.15, 0.2) is 0 Å². The lowest BCUT2D eigenvalue weighted by Crippen LogP contribution is -2.60. The summed E-state index contributed by atoms with van der Waals surface area (Å²) in [5.74, 6) is 0.495. The standard InChI is InChI=1S/C10H22N2O5S/c1-9-2-4-12(5-3-9)18(16,17)11-10(6-13,7-14)8-15/h9,11,13-15H,2-8H2,1H3. The second kappa shape index (κ2) is 6.27. The van der Waals surface area contributed by atoms with Gasteiger partial charge in [-0.3, -0.25) is 0 Å². The normalized spacial score (nSPS) is 20.2. The van der Waals surface area contributed by atoms with Crippen LogP contribution in [0.25, 0.3) is 0 Å². The first-order valence-corrected chi connectivity index (χ1v) is 7.45. The van der Waals surface area contributed by atoms with Crippen LogP contribution in [0.4, 0.5) is 0 Å². The van der Waals surface area contributed by atoms with Crippen LogP contribution in [0.5, 0.6) is 0 Å². The first-order valence-electron chi connectivity index (χ1n) is 6.01. The summed E-state index contributed by atoms with van der Waals surface area (Å²) in [6, 6.07) is 0. The van der Waals surface area contributed by atoms with Gasteiger partial charge in [0, 0.05) is 13.1 Å². The Morgan fingerprint density at radius 2 is 1.61 bits per heavy atom. The number of nitrogens with one attached hydrogen (secondary N) is 1. The summed E-state index contributed by atoms with van der Waals surface area (Å²) in [4.78, 5) is 0.